The van der Waals surface area contributed by atoms with E-state index in [0.29, 0.717) is 6.04 Å². The highest BCUT2D eigenvalue weighted by Crippen LogP contribution is 2.37. The van der Waals surface area contributed by atoms with Gasteiger partial charge in [-0.2, -0.15) is 0 Å². The van der Waals surface area contributed by atoms with E-state index in [1.165, 1.54) is 38.6 Å². The van der Waals surface area contributed by atoms with Gasteiger partial charge in [-0.05, 0) is 44.7 Å². The van der Waals surface area contributed by atoms with Crippen molar-refractivity contribution in [3.05, 3.63) is 0 Å². The average Bonchev–Trinajstić information content (AvgIpc) is 2.82. The second-order valence-corrected chi connectivity index (χ2v) is 5.56. The molecule has 1 heterocycles. The van der Waals surface area contributed by atoms with Gasteiger partial charge < -0.3 is 10.1 Å². The lowest BCUT2D eigenvalue weighted by Gasteiger charge is -2.42. The summed E-state index contributed by atoms with van der Waals surface area (Å²) in [7, 11) is 1.83. The molecule has 1 aliphatic carbocycles. The van der Waals surface area contributed by atoms with Crippen LogP contribution in [0.1, 0.15) is 39.0 Å². The summed E-state index contributed by atoms with van der Waals surface area (Å²) in [6.45, 7) is 6.46. The van der Waals surface area contributed by atoms with Crippen molar-refractivity contribution < 1.29 is 4.74 Å². The zero-order valence-electron chi connectivity index (χ0n) is 11.5. The Bertz CT molecular complexity index is 222. The van der Waals surface area contributed by atoms with Gasteiger partial charge in [0.05, 0.1) is 6.61 Å². The van der Waals surface area contributed by atoms with Crippen LogP contribution in [-0.4, -0.2) is 50.3 Å². The van der Waals surface area contributed by atoms with Gasteiger partial charge in [0.15, 0.2) is 0 Å². The molecule has 2 fully saturated rings. The number of nitrogens with zero attached hydrogens (tertiary/aromatic N) is 1. The van der Waals surface area contributed by atoms with Crippen LogP contribution in [0.25, 0.3) is 0 Å². The van der Waals surface area contributed by atoms with E-state index < -0.39 is 0 Å². The van der Waals surface area contributed by atoms with Gasteiger partial charge in [-0.1, -0.05) is 13.3 Å². The minimum absolute atomic E-state index is 0.575. The van der Waals surface area contributed by atoms with E-state index in [1.54, 1.807) is 0 Å². The van der Waals surface area contributed by atoms with Gasteiger partial charge in [0.25, 0.3) is 0 Å². The number of methoxy groups -OCH3 is 1. The number of piperidine rings is 1. The molecule has 2 aliphatic rings. The number of nitrogens with one attached hydrogen (secondary N) is 1. The van der Waals surface area contributed by atoms with E-state index >= 15 is 0 Å². The number of fused-ring (bicyclic) bond motifs is 1. The highest BCUT2D eigenvalue weighted by atomic mass is 16.5. The summed E-state index contributed by atoms with van der Waals surface area (Å²) < 4.78 is 5.42. The predicted octanol–water partition coefficient (Wildman–Crippen LogP) is 1.88. The third kappa shape index (κ3) is 3.21. The highest BCUT2D eigenvalue weighted by molar-refractivity contribution is 4.92. The molecule has 1 saturated carbocycles. The van der Waals surface area contributed by atoms with Gasteiger partial charge in [0.1, 0.15) is 0 Å². The summed E-state index contributed by atoms with van der Waals surface area (Å²) in [5.74, 6) is 0.977. The smallest absolute Gasteiger partial charge is 0.0630 e. The minimum atomic E-state index is 0.575. The molecule has 0 spiro atoms. The molecule has 0 radical (unpaired) electrons. The summed E-state index contributed by atoms with van der Waals surface area (Å²) in [4.78, 5) is 2.74. The molecule has 17 heavy (non-hydrogen) atoms. The maximum absolute atomic E-state index is 5.42. The van der Waals surface area contributed by atoms with Gasteiger partial charge in [-0.15, -0.1) is 0 Å². The molecule has 1 saturated heterocycles. The first kappa shape index (κ1) is 13.3. The largest absolute Gasteiger partial charge is 0.383 e. The number of hydrogen-bond acceptors (Lipinski definition) is 3. The Kier molecular flexibility index (Phi) is 5.26. The molecule has 1 aliphatic heterocycles. The number of ether oxygens (including phenoxy) is 1. The summed E-state index contributed by atoms with van der Waals surface area (Å²) in [5.41, 5.74) is 0. The summed E-state index contributed by atoms with van der Waals surface area (Å²) in [6.07, 6.45) is 7.15. The lowest BCUT2D eigenvalue weighted by atomic mass is 9.90. The van der Waals surface area contributed by atoms with Crippen LogP contribution in [0.3, 0.4) is 0 Å². The van der Waals surface area contributed by atoms with Crippen molar-refractivity contribution in [2.75, 3.05) is 33.4 Å². The zero-order valence-corrected chi connectivity index (χ0v) is 11.5. The maximum atomic E-state index is 5.42. The Morgan fingerprint density at radius 3 is 2.88 bits per heavy atom. The molecular formula is C14H28N2O. The molecule has 3 unspecified atom stereocenters. The monoisotopic (exact) mass is 240 g/mol. The standard InChI is InChI=1S/C14H28N2O/c1-3-15-10-13(11-17-2)16-9-5-7-12-6-4-8-14(12)16/h12-15H,3-11H2,1-2H3. The Morgan fingerprint density at radius 1 is 1.29 bits per heavy atom. The first-order valence-corrected chi connectivity index (χ1v) is 7.32. The predicted molar refractivity (Wildman–Crippen MR) is 71.3 cm³/mol. The van der Waals surface area contributed by atoms with Crippen molar-refractivity contribution in [3.63, 3.8) is 0 Å². The third-order valence-corrected chi connectivity index (χ3v) is 4.49. The van der Waals surface area contributed by atoms with Crippen LogP contribution in [0.15, 0.2) is 0 Å². The topological polar surface area (TPSA) is 24.5 Å². The van der Waals surface area contributed by atoms with E-state index in [-0.39, 0.29) is 0 Å². The number of likely N-dealkylation sites (N-methyl/N-ethyl adjacent to an activating group) is 1. The molecule has 0 aromatic carbocycles. The fraction of sp³-hybridized carbons (Fsp3) is 1.00. The molecule has 0 aromatic heterocycles. The Morgan fingerprint density at radius 2 is 2.12 bits per heavy atom. The first-order valence-electron chi connectivity index (χ1n) is 7.32. The normalized spacial score (nSPS) is 31.4. The molecule has 3 nitrogen and oxygen atoms in total. The van der Waals surface area contributed by atoms with Gasteiger partial charge in [0, 0.05) is 25.7 Å². The van der Waals surface area contributed by atoms with Gasteiger partial charge >= 0.3 is 0 Å². The Balaban J connectivity index is 1.95. The number of rotatable bonds is 6. The van der Waals surface area contributed by atoms with Crippen LogP contribution in [0, 0.1) is 5.92 Å². The van der Waals surface area contributed by atoms with E-state index in [0.717, 1.165) is 31.7 Å². The van der Waals surface area contributed by atoms with Crippen molar-refractivity contribution in [1.82, 2.24) is 10.2 Å². The van der Waals surface area contributed by atoms with Crippen LogP contribution < -0.4 is 5.32 Å². The molecular weight excluding hydrogens is 212 g/mol. The van der Waals surface area contributed by atoms with E-state index in [2.05, 4.69) is 17.1 Å². The van der Waals surface area contributed by atoms with Gasteiger partial charge in [0.2, 0.25) is 0 Å². The van der Waals surface area contributed by atoms with Crippen LogP contribution >= 0.6 is 0 Å². The lowest BCUT2D eigenvalue weighted by molar-refractivity contribution is 0.0247. The van der Waals surface area contributed by atoms with Crippen LogP contribution in [0.2, 0.25) is 0 Å². The maximum Gasteiger partial charge on any atom is 0.0630 e. The molecule has 2 rings (SSSR count). The molecule has 0 aromatic rings. The van der Waals surface area contributed by atoms with E-state index in [4.69, 9.17) is 4.74 Å². The molecule has 3 atom stereocenters. The molecule has 0 bridgehead atoms. The number of likely N-dealkylation sites (tertiary alicyclic amines) is 1. The van der Waals surface area contributed by atoms with Crippen LogP contribution in [-0.2, 0) is 4.74 Å². The van der Waals surface area contributed by atoms with Gasteiger partial charge in [-0.25, -0.2) is 0 Å². The summed E-state index contributed by atoms with van der Waals surface area (Å²) in [6, 6.07) is 1.42. The zero-order chi connectivity index (χ0) is 12.1. The summed E-state index contributed by atoms with van der Waals surface area (Å²) >= 11 is 0. The fourth-order valence-electron chi connectivity index (χ4n) is 3.72. The summed E-state index contributed by atoms with van der Waals surface area (Å²) in [5, 5.41) is 3.49. The van der Waals surface area contributed by atoms with E-state index in [9.17, 15) is 0 Å². The SMILES string of the molecule is CCNCC(COC)N1CCCC2CCCC21. The Hall–Kier alpha value is -0.120. The third-order valence-electron chi connectivity index (χ3n) is 4.49. The van der Waals surface area contributed by atoms with Crippen molar-refractivity contribution >= 4 is 0 Å². The van der Waals surface area contributed by atoms with Gasteiger partial charge in [-0.3, -0.25) is 4.90 Å². The van der Waals surface area contributed by atoms with E-state index in [1.807, 2.05) is 7.11 Å². The quantitative estimate of drug-likeness (QED) is 0.767. The second kappa shape index (κ2) is 6.72. The molecule has 0 amide bonds. The minimum Gasteiger partial charge on any atom is -0.383 e. The number of hydrogen-bond donors (Lipinski definition) is 1. The molecule has 1 N–H and O–H groups in total. The van der Waals surface area contributed by atoms with Crippen LogP contribution in [0.4, 0.5) is 0 Å². The van der Waals surface area contributed by atoms with Crippen molar-refractivity contribution in [2.45, 2.75) is 51.1 Å². The van der Waals surface area contributed by atoms with Crippen molar-refractivity contribution in [1.29, 1.82) is 0 Å². The van der Waals surface area contributed by atoms with Crippen molar-refractivity contribution in [2.24, 2.45) is 5.92 Å². The average molecular weight is 240 g/mol. The molecule has 3 heteroatoms. The first-order chi connectivity index (χ1) is 8.36. The fourth-order valence-corrected chi connectivity index (χ4v) is 3.72. The lowest BCUT2D eigenvalue weighted by Crippen LogP contribution is -2.53. The van der Waals surface area contributed by atoms with Crippen LogP contribution in [0.5, 0.6) is 0 Å². The Labute approximate surface area is 106 Å². The second-order valence-electron chi connectivity index (χ2n) is 5.56. The highest BCUT2D eigenvalue weighted by Gasteiger charge is 2.37. The van der Waals surface area contributed by atoms with Crippen molar-refractivity contribution in [3.8, 4) is 0 Å². The molecule has 100 valence electrons.